The topological polar surface area (TPSA) is 17.1 Å². The maximum absolute atomic E-state index is 13.3. The molecule has 2 rings (SSSR count). The fourth-order valence-corrected chi connectivity index (χ4v) is 2.71. The number of hydrogen-bond acceptors (Lipinski definition) is 2. The van der Waals surface area contributed by atoms with Gasteiger partial charge in [-0.3, -0.25) is 4.79 Å². The van der Waals surface area contributed by atoms with Crippen molar-refractivity contribution in [3.63, 3.8) is 0 Å². The molecule has 0 atom stereocenters. The van der Waals surface area contributed by atoms with Gasteiger partial charge in [0.15, 0.2) is 11.6 Å². The van der Waals surface area contributed by atoms with Crippen molar-refractivity contribution in [2.45, 2.75) is 6.92 Å². The summed E-state index contributed by atoms with van der Waals surface area (Å²) in [7, 11) is 0. The van der Waals surface area contributed by atoms with Crippen molar-refractivity contribution in [2.75, 3.05) is 0 Å². The first-order valence-electron chi connectivity index (χ1n) is 4.75. The smallest absolute Gasteiger partial charge is 0.204 e. The molecule has 0 spiro atoms. The molecule has 17 heavy (non-hydrogen) atoms. The molecule has 0 bridgehead atoms. The van der Waals surface area contributed by atoms with E-state index in [0.717, 1.165) is 10.9 Å². The summed E-state index contributed by atoms with van der Waals surface area (Å²) >= 11 is 4.23. The molecular formula is C12H7BrF2OS. The largest absolute Gasteiger partial charge is 0.288 e. The third-order valence-electron chi connectivity index (χ3n) is 2.24. The van der Waals surface area contributed by atoms with Crippen molar-refractivity contribution in [3.8, 4) is 0 Å². The number of halogens is 3. The van der Waals surface area contributed by atoms with Crippen LogP contribution in [0.3, 0.4) is 0 Å². The van der Waals surface area contributed by atoms with Gasteiger partial charge in [-0.05, 0) is 47.1 Å². The summed E-state index contributed by atoms with van der Waals surface area (Å²) in [6.07, 6.45) is 0. The maximum atomic E-state index is 13.3. The van der Waals surface area contributed by atoms with Crippen LogP contribution in [0.1, 0.15) is 20.1 Å². The number of thiophene rings is 1. The van der Waals surface area contributed by atoms with Crippen molar-refractivity contribution in [1.82, 2.24) is 0 Å². The van der Waals surface area contributed by atoms with Gasteiger partial charge >= 0.3 is 0 Å². The van der Waals surface area contributed by atoms with E-state index in [4.69, 9.17) is 0 Å². The van der Waals surface area contributed by atoms with Crippen molar-refractivity contribution in [3.05, 3.63) is 55.7 Å². The van der Waals surface area contributed by atoms with Crippen LogP contribution in [0.4, 0.5) is 8.78 Å². The Morgan fingerprint density at radius 3 is 2.53 bits per heavy atom. The third kappa shape index (κ3) is 2.30. The van der Waals surface area contributed by atoms with E-state index in [2.05, 4.69) is 15.9 Å². The van der Waals surface area contributed by atoms with E-state index in [1.807, 2.05) is 13.0 Å². The summed E-state index contributed by atoms with van der Waals surface area (Å²) in [5.74, 6) is -2.33. The highest BCUT2D eigenvalue weighted by Gasteiger charge is 2.18. The summed E-state index contributed by atoms with van der Waals surface area (Å²) in [6.45, 7) is 1.88. The number of carbonyl (C=O) groups is 1. The zero-order chi connectivity index (χ0) is 12.6. The van der Waals surface area contributed by atoms with E-state index >= 15 is 0 Å². The average molecular weight is 317 g/mol. The second-order valence-corrected chi connectivity index (χ2v) is 5.54. The molecule has 0 aliphatic rings. The summed E-state index contributed by atoms with van der Waals surface area (Å²) in [5, 5.41) is 0. The standard InChI is InChI=1S/C12H7BrF2OS/c1-6-2-5-9(17-6)12(16)7-3-4-8(14)11(15)10(7)13/h2-5H,1H3. The fourth-order valence-electron chi connectivity index (χ4n) is 1.39. The Kier molecular flexibility index (Phi) is 3.40. The van der Waals surface area contributed by atoms with E-state index in [9.17, 15) is 13.6 Å². The van der Waals surface area contributed by atoms with Gasteiger partial charge in [0.05, 0.1) is 9.35 Å². The lowest BCUT2D eigenvalue weighted by molar-refractivity contribution is 0.104. The Bertz CT molecular complexity index is 592. The summed E-state index contributed by atoms with van der Waals surface area (Å²) < 4.78 is 26.1. The SMILES string of the molecule is Cc1ccc(C(=O)c2ccc(F)c(F)c2Br)s1. The van der Waals surface area contributed by atoms with Gasteiger partial charge in [0.2, 0.25) is 5.78 Å². The molecule has 1 nitrogen and oxygen atoms in total. The Morgan fingerprint density at radius 2 is 1.94 bits per heavy atom. The van der Waals surface area contributed by atoms with Gasteiger partial charge in [0.1, 0.15) is 0 Å². The minimum absolute atomic E-state index is 0.130. The monoisotopic (exact) mass is 316 g/mol. The second-order valence-electron chi connectivity index (χ2n) is 3.46. The predicted octanol–water partition coefficient (Wildman–Crippen LogP) is 4.33. The Hall–Kier alpha value is -1.07. The first-order valence-corrected chi connectivity index (χ1v) is 6.36. The van der Waals surface area contributed by atoms with E-state index in [0.29, 0.717) is 4.88 Å². The molecule has 0 N–H and O–H groups in total. The van der Waals surface area contributed by atoms with Crippen molar-refractivity contribution >= 4 is 33.0 Å². The quantitative estimate of drug-likeness (QED) is 0.595. The molecule has 0 aliphatic heterocycles. The molecule has 0 aliphatic carbocycles. The highest BCUT2D eigenvalue weighted by molar-refractivity contribution is 9.10. The molecular weight excluding hydrogens is 310 g/mol. The number of carbonyl (C=O) groups excluding carboxylic acids is 1. The van der Waals surface area contributed by atoms with Gasteiger partial charge < -0.3 is 0 Å². The molecule has 1 aromatic carbocycles. The zero-order valence-electron chi connectivity index (χ0n) is 8.76. The Morgan fingerprint density at radius 1 is 1.24 bits per heavy atom. The summed E-state index contributed by atoms with van der Waals surface area (Å²) in [4.78, 5) is 13.5. The molecule has 0 fully saturated rings. The van der Waals surface area contributed by atoms with E-state index in [-0.39, 0.29) is 15.8 Å². The first-order chi connectivity index (χ1) is 8.00. The van der Waals surface area contributed by atoms with E-state index < -0.39 is 11.6 Å². The number of aryl methyl sites for hydroxylation is 1. The molecule has 1 aromatic heterocycles. The van der Waals surface area contributed by atoms with Crippen LogP contribution in [0.25, 0.3) is 0 Å². The van der Waals surface area contributed by atoms with E-state index in [1.165, 1.54) is 17.4 Å². The zero-order valence-corrected chi connectivity index (χ0v) is 11.2. The third-order valence-corrected chi connectivity index (χ3v) is 4.02. The summed E-state index contributed by atoms with van der Waals surface area (Å²) in [5.41, 5.74) is 0.130. The molecule has 1 heterocycles. The number of hydrogen-bond donors (Lipinski definition) is 0. The molecule has 2 aromatic rings. The van der Waals surface area contributed by atoms with Crippen LogP contribution in [0.15, 0.2) is 28.7 Å². The lowest BCUT2D eigenvalue weighted by Gasteiger charge is -2.03. The minimum atomic E-state index is -1.04. The predicted molar refractivity (Wildman–Crippen MR) is 66.5 cm³/mol. The highest BCUT2D eigenvalue weighted by Crippen LogP contribution is 2.27. The molecule has 0 amide bonds. The van der Waals surface area contributed by atoms with Crippen LogP contribution in [-0.4, -0.2) is 5.78 Å². The van der Waals surface area contributed by atoms with E-state index in [1.54, 1.807) is 6.07 Å². The first kappa shape index (κ1) is 12.4. The van der Waals surface area contributed by atoms with Crippen molar-refractivity contribution in [1.29, 1.82) is 0 Å². The lowest BCUT2D eigenvalue weighted by atomic mass is 10.1. The van der Waals surface area contributed by atoms with Crippen LogP contribution < -0.4 is 0 Å². The van der Waals surface area contributed by atoms with Gasteiger partial charge in [0.25, 0.3) is 0 Å². The lowest BCUT2D eigenvalue weighted by Crippen LogP contribution is -2.02. The second kappa shape index (κ2) is 4.66. The molecule has 0 radical (unpaired) electrons. The Labute approximate surface area is 109 Å². The fraction of sp³-hybridized carbons (Fsp3) is 0.0833. The van der Waals surface area contributed by atoms with Crippen LogP contribution in [0.2, 0.25) is 0 Å². The van der Waals surface area contributed by atoms with Gasteiger partial charge in [0, 0.05) is 10.4 Å². The van der Waals surface area contributed by atoms with Gasteiger partial charge in [-0.15, -0.1) is 11.3 Å². The molecule has 0 unspecified atom stereocenters. The molecule has 88 valence electrons. The van der Waals surface area contributed by atoms with Crippen LogP contribution in [0.5, 0.6) is 0 Å². The Balaban J connectivity index is 2.48. The number of benzene rings is 1. The van der Waals surface area contributed by atoms with Crippen LogP contribution >= 0.6 is 27.3 Å². The van der Waals surface area contributed by atoms with Gasteiger partial charge in [-0.2, -0.15) is 0 Å². The van der Waals surface area contributed by atoms with Crippen LogP contribution in [-0.2, 0) is 0 Å². The molecule has 0 saturated heterocycles. The normalized spacial score (nSPS) is 10.6. The average Bonchev–Trinajstić information content (AvgIpc) is 2.72. The van der Waals surface area contributed by atoms with Gasteiger partial charge in [-0.1, -0.05) is 0 Å². The highest BCUT2D eigenvalue weighted by atomic mass is 79.9. The van der Waals surface area contributed by atoms with Crippen molar-refractivity contribution < 1.29 is 13.6 Å². The minimum Gasteiger partial charge on any atom is -0.288 e. The number of ketones is 1. The van der Waals surface area contributed by atoms with Crippen LogP contribution in [0, 0.1) is 18.6 Å². The maximum Gasteiger partial charge on any atom is 0.204 e. The molecule has 0 saturated carbocycles. The number of rotatable bonds is 2. The molecule has 5 heteroatoms. The van der Waals surface area contributed by atoms with Gasteiger partial charge in [-0.25, -0.2) is 8.78 Å². The summed E-state index contributed by atoms with van der Waals surface area (Å²) in [6, 6.07) is 5.72. The van der Waals surface area contributed by atoms with Crippen molar-refractivity contribution in [2.24, 2.45) is 0 Å².